The minimum atomic E-state index is 1.19. The first kappa shape index (κ1) is 13.6. The summed E-state index contributed by atoms with van der Waals surface area (Å²) in [5, 5.41) is 4.37. The number of allylic oxidation sites excluding steroid dienone is 2. The van der Waals surface area contributed by atoms with Crippen LogP contribution in [-0.4, -0.2) is 0 Å². The van der Waals surface area contributed by atoms with E-state index in [2.05, 4.69) is 48.9 Å². The van der Waals surface area contributed by atoms with Gasteiger partial charge in [-0.15, -0.1) is 22.7 Å². The van der Waals surface area contributed by atoms with Gasteiger partial charge in [-0.25, -0.2) is 0 Å². The predicted octanol–water partition coefficient (Wildman–Crippen LogP) is 6.32. The number of hydrogen-bond donors (Lipinski definition) is 0. The molecule has 2 rings (SSSR count). The lowest BCUT2D eigenvalue weighted by molar-refractivity contribution is 0.949. The summed E-state index contributed by atoms with van der Waals surface area (Å²) in [5.41, 5.74) is 3.13. The Hall–Kier alpha value is -0.860. The minimum absolute atomic E-state index is 1.19. The highest BCUT2D eigenvalue weighted by Crippen LogP contribution is 2.36. The van der Waals surface area contributed by atoms with Gasteiger partial charge < -0.3 is 0 Å². The SMILES string of the molecule is CCC/C(=C(\CCC)c1cccs1)c1cccs1. The van der Waals surface area contributed by atoms with Gasteiger partial charge in [0.2, 0.25) is 0 Å². The number of thiophene rings is 2. The molecule has 0 aromatic carbocycles. The molecular formula is C16H20S2. The lowest BCUT2D eigenvalue weighted by Crippen LogP contribution is -1.89. The van der Waals surface area contributed by atoms with Crippen LogP contribution in [0.15, 0.2) is 35.0 Å². The molecule has 0 nitrogen and oxygen atoms in total. The zero-order valence-corrected chi connectivity index (χ0v) is 12.7. The molecular weight excluding hydrogens is 256 g/mol. The Kier molecular flexibility index (Phi) is 5.21. The summed E-state index contributed by atoms with van der Waals surface area (Å²) in [4.78, 5) is 2.90. The minimum Gasteiger partial charge on any atom is -0.144 e. The summed E-state index contributed by atoms with van der Waals surface area (Å²) in [6.07, 6.45) is 4.80. The third-order valence-corrected chi connectivity index (χ3v) is 4.86. The predicted molar refractivity (Wildman–Crippen MR) is 85.3 cm³/mol. The highest BCUT2D eigenvalue weighted by Gasteiger charge is 2.12. The standard InChI is InChI=1S/C16H20S2/c1-3-7-13(15-9-5-11-17-15)14(8-4-2)16-10-6-12-18-16/h5-6,9-12H,3-4,7-8H2,1-2H3/b14-13-. The molecule has 0 aliphatic heterocycles. The van der Waals surface area contributed by atoms with Gasteiger partial charge in [-0.1, -0.05) is 38.8 Å². The fourth-order valence-corrected chi connectivity index (χ4v) is 3.90. The second-order valence-electron chi connectivity index (χ2n) is 4.41. The summed E-state index contributed by atoms with van der Waals surface area (Å²) in [5.74, 6) is 0. The quantitative estimate of drug-likeness (QED) is 0.579. The summed E-state index contributed by atoms with van der Waals surface area (Å²) in [6, 6.07) is 8.85. The van der Waals surface area contributed by atoms with Crippen molar-refractivity contribution in [2.75, 3.05) is 0 Å². The van der Waals surface area contributed by atoms with Crippen molar-refractivity contribution in [2.24, 2.45) is 0 Å². The Labute approximate surface area is 118 Å². The second kappa shape index (κ2) is 6.91. The van der Waals surface area contributed by atoms with Crippen LogP contribution < -0.4 is 0 Å². The van der Waals surface area contributed by atoms with Crippen LogP contribution in [0.2, 0.25) is 0 Å². The molecule has 0 saturated carbocycles. The van der Waals surface area contributed by atoms with Crippen LogP contribution in [0, 0.1) is 0 Å². The smallest absolute Gasteiger partial charge is 0.0305 e. The van der Waals surface area contributed by atoms with Gasteiger partial charge in [0, 0.05) is 9.75 Å². The molecule has 0 unspecified atom stereocenters. The summed E-state index contributed by atoms with van der Waals surface area (Å²) in [7, 11) is 0. The second-order valence-corrected chi connectivity index (χ2v) is 6.31. The molecule has 0 spiro atoms. The molecule has 0 fully saturated rings. The van der Waals surface area contributed by atoms with Gasteiger partial charge in [-0.05, 0) is 46.9 Å². The monoisotopic (exact) mass is 276 g/mol. The molecule has 2 heterocycles. The van der Waals surface area contributed by atoms with Crippen LogP contribution in [0.1, 0.15) is 49.3 Å². The van der Waals surface area contributed by atoms with E-state index in [1.54, 1.807) is 11.1 Å². The van der Waals surface area contributed by atoms with Gasteiger partial charge in [0.05, 0.1) is 0 Å². The van der Waals surface area contributed by atoms with Crippen LogP contribution in [0.5, 0.6) is 0 Å². The van der Waals surface area contributed by atoms with Crippen molar-refractivity contribution in [3.8, 4) is 0 Å². The van der Waals surface area contributed by atoms with Crippen molar-refractivity contribution in [2.45, 2.75) is 39.5 Å². The van der Waals surface area contributed by atoms with Gasteiger partial charge in [0.15, 0.2) is 0 Å². The fraction of sp³-hybridized carbons (Fsp3) is 0.375. The molecule has 0 saturated heterocycles. The highest BCUT2D eigenvalue weighted by molar-refractivity contribution is 7.12. The van der Waals surface area contributed by atoms with Crippen molar-refractivity contribution >= 4 is 33.8 Å². The molecule has 0 radical (unpaired) electrons. The van der Waals surface area contributed by atoms with Crippen LogP contribution in [-0.2, 0) is 0 Å². The van der Waals surface area contributed by atoms with Crippen molar-refractivity contribution < 1.29 is 0 Å². The van der Waals surface area contributed by atoms with Gasteiger partial charge >= 0.3 is 0 Å². The van der Waals surface area contributed by atoms with E-state index in [1.807, 2.05) is 22.7 Å². The van der Waals surface area contributed by atoms with E-state index in [0.717, 1.165) is 0 Å². The van der Waals surface area contributed by atoms with Gasteiger partial charge in [-0.3, -0.25) is 0 Å². The first-order valence-corrected chi connectivity index (χ1v) is 8.42. The van der Waals surface area contributed by atoms with E-state index in [9.17, 15) is 0 Å². The Morgan fingerprint density at radius 2 is 1.28 bits per heavy atom. The molecule has 0 aliphatic carbocycles. The lowest BCUT2D eigenvalue weighted by atomic mass is 9.97. The van der Waals surface area contributed by atoms with Crippen molar-refractivity contribution in [1.82, 2.24) is 0 Å². The highest BCUT2D eigenvalue weighted by atomic mass is 32.1. The molecule has 2 aromatic heterocycles. The topological polar surface area (TPSA) is 0 Å². The van der Waals surface area contributed by atoms with E-state index < -0.39 is 0 Å². The average molecular weight is 276 g/mol. The summed E-state index contributed by atoms with van der Waals surface area (Å²) >= 11 is 3.74. The molecule has 18 heavy (non-hydrogen) atoms. The Morgan fingerprint density at radius 3 is 1.56 bits per heavy atom. The molecule has 0 aliphatic rings. The van der Waals surface area contributed by atoms with Crippen molar-refractivity contribution in [3.63, 3.8) is 0 Å². The van der Waals surface area contributed by atoms with Crippen molar-refractivity contribution in [3.05, 3.63) is 44.8 Å². The van der Waals surface area contributed by atoms with Gasteiger partial charge in [0.25, 0.3) is 0 Å². The molecule has 96 valence electrons. The van der Waals surface area contributed by atoms with E-state index in [1.165, 1.54) is 35.4 Å². The maximum absolute atomic E-state index is 2.27. The molecule has 0 bridgehead atoms. The van der Waals surface area contributed by atoms with E-state index in [0.29, 0.717) is 0 Å². The first-order chi connectivity index (χ1) is 8.86. The Morgan fingerprint density at radius 1 is 0.833 bits per heavy atom. The van der Waals surface area contributed by atoms with Gasteiger partial charge in [-0.2, -0.15) is 0 Å². The first-order valence-electron chi connectivity index (χ1n) is 6.66. The molecule has 0 N–H and O–H groups in total. The fourth-order valence-electron chi connectivity index (χ4n) is 2.25. The third kappa shape index (κ3) is 3.12. The van der Waals surface area contributed by atoms with E-state index >= 15 is 0 Å². The summed E-state index contributed by atoms with van der Waals surface area (Å²) in [6.45, 7) is 4.54. The number of hydrogen-bond acceptors (Lipinski definition) is 2. The Balaban J connectivity index is 2.47. The zero-order chi connectivity index (χ0) is 12.8. The zero-order valence-electron chi connectivity index (χ0n) is 11.1. The van der Waals surface area contributed by atoms with E-state index in [-0.39, 0.29) is 0 Å². The largest absolute Gasteiger partial charge is 0.144 e. The normalized spacial score (nSPS) is 12.6. The van der Waals surface area contributed by atoms with Gasteiger partial charge in [0.1, 0.15) is 0 Å². The molecule has 0 amide bonds. The lowest BCUT2D eigenvalue weighted by Gasteiger charge is -2.12. The Bertz CT molecular complexity index is 429. The van der Waals surface area contributed by atoms with Crippen LogP contribution in [0.3, 0.4) is 0 Å². The van der Waals surface area contributed by atoms with Crippen LogP contribution in [0.25, 0.3) is 11.1 Å². The third-order valence-electron chi connectivity index (χ3n) is 3.00. The average Bonchev–Trinajstić information content (AvgIpc) is 3.05. The number of rotatable bonds is 6. The van der Waals surface area contributed by atoms with Crippen LogP contribution in [0.4, 0.5) is 0 Å². The maximum atomic E-state index is 2.27. The molecule has 0 atom stereocenters. The summed E-state index contributed by atoms with van der Waals surface area (Å²) < 4.78 is 0. The van der Waals surface area contributed by atoms with Crippen LogP contribution >= 0.6 is 22.7 Å². The van der Waals surface area contributed by atoms with E-state index in [4.69, 9.17) is 0 Å². The molecule has 2 aromatic rings. The maximum Gasteiger partial charge on any atom is 0.0305 e. The molecule has 2 heteroatoms. The van der Waals surface area contributed by atoms with Crippen molar-refractivity contribution in [1.29, 1.82) is 0 Å².